The van der Waals surface area contributed by atoms with Crippen LogP contribution in [0.1, 0.15) is 32.0 Å². The van der Waals surface area contributed by atoms with E-state index in [4.69, 9.17) is 0 Å². The van der Waals surface area contributed by atoms with E-state index in [0.29, 0.717) is 5.92 Å². The van der Waals surface area contributed by atoms with Crippen LogP contribution >= 0.6 is 0 Å². The lowest BCUT2D eigenvalue weighted by Crippen LogP contribution is -2.27. The number of allylic oxidation sites excluding steroid dienone is 1. The summed E-state index contributed by atoms with van der Waals surface area (Å²) >= 11 is 0. The lowest BCUT2D eigenvalue weighted by molar-refractivity contribution is 0.290. The molecule has 1 aliphatic rings. The molecule has 1 nitrogen and oxygen atoms in total. The predicted octanol–water partition coefficient (Wildman–Crippen LogP) is 5.86. The molecule has 0 saturated heterocycles. The van der Waals surface area contributed by atoms with E-state index in [9.17, 15) is 0 Å². The van der Waals surface area contributed by atoms with Gasteiger partial charge in [-0.1, -0.05) is 69.3 Å². The van der Waals surface area contributed by atoms with Crippen molar-refractivity contribution in [1.29, 1.82) is 0 Å². The summed E-state index contributed by atoms with van der Waals surface area (Å²) in [5, 5.41) is 1.36. The molecular weight excluding hydrogens is 278 g/mol. The SMILES string of the molecule is CC(C)C1(C)C=Cc2c(n(-c3ccccc3)c3ccccc23)C1. The maximum atomic E-state index is 2.45. The highest BCUT2D eigenvalue weighted by molar-refractivity contribution is 5.93. The second-order valence-corrected chi connectivity index (χ2v) is 7.22. The third-order valence-electron chi connectivity index (χ3n) is 5.53. The van der Waals surface area contributed by atoms with Crippen molar-refractivity contribution in [3.63, 3.8) is 0 Å². The molecule has 0 aliphatic heterocycles. The smallest absolute Gasteiger partial charge is 0.0537 e. The summed E-state index contributed by atoms with van der Waals surface area (Å²) in [7, 11) is 0. The fourth-order valence-electron chi connectivity index (χ4n) is 3.64. The summed E-state index contributed by atoms with van der Waals surface area (Å²) in [4.78, 5) is 0. The van der Waals surface area contributed by atoms with Crippen LogP contribution in [0.15, 0.2) is 60.7 Å². The summed E-state index contributed by atoms with van der Waals surface area (Å²) in [6.45, 7) is 7.03. The molecule has 0 saturated carbocycles. The van der Waals surface area contributed by atoms with Gasteiger partial charge in [-0.25, -0.2) is 0 Å². The van der Waals surface area contributed by atoms with Gasteiger partial charge in [0.15, 0.2) is 0 Å². The molecule has 2 aromatic carbocycles. The minimum absolute atomic E-state index is 0.216. The molecule has 1 aromatic heterocycles. The fraction of sp³-hybridized carbons (Fsp3) is 0.273. The fourth-order valence-corrected chi connectivity index (χ4v) is 3.64. The number of nitrogens with zero attached hydrogens (tertiary/aromatic N) is 1. The summed E-state index contributed by atoms with van der Waals surface area (Å²) < 4.78 is 2.45. The number of hydrogen-bond donors (Lipinski definition) is 0. The van der Waals surface area contributed by atoms with E-state index < -0.39 is 0 Å². The first-order valence-corrected chi connectivity index (χ1v) is 8.47. The summed E-state index contributed by atoms with van der Waals surface area (Å²) in [6, 6.07) is 19.5. The van der Waals surface area contributed by atoms with E-state index in [0.717, 1.165) is 6.42 Å². The van der Waals surface area contributed by atoms with E-state index in [2.05, 4.69) is 92.1 Å². The number of hydrogen-bond acceptors (Lipinski definition) is 0. The van der Waals surface area contributed by atoms with Crippen molar-refractivity contribution in [2.45, 2.75) is 27.2 Å². The maximum Gasteiger partial charge on any atom is 0.0537 e. The first-order chi connectivity index (χ1) is 11.1. The molecule has 4 rings (SSSR count). The highest BCUT2D eigenvalue weighted by Gasteiger charge is 2.32. The molecule has 0 spiro atoms. The van der Waals surface area contributed by atoms with Crippen LogP contribution in [0, 0.1) is 11.3 Å². The second kappa shape index (κ2) is 5.13. The van der Waals surface area contributed by atoms with E-state index >= 15 is 0 Å². The van der Waals surface area contributed by atoms with Crippen molar-refractivity contribution < 1.29 is 0 Å². The van der Waals surface area contributed by atoms with Crippen molar-refractivity contribution in [2.75, 3.05) is 0 Å². The van der Waals surface area contributed by atoms with Crippen LogP contribution < -0.4 is 0 Å². The minimum atomic E-state index is 0.216. The zero-order valence-corrected chi connectivity index (χ0v) is 14.1. The minimum Gasteiger partial charge on any atom is -0.313 e. The zero-order valence-electron chi connectivity index (χ0n) is 14.1. The Morgan fingerprint density at radius 3 is 2.39 bits per heavy atom. The lowest BCUT2D eigenvalue weighted by Gasteiger charge is -2.34. The molecule has 0 amide bonds. The third kappa shape index (κ3) is 2.15. The topological polar surface area (TPSA) is 4.93 Å². The largest absolute Gasteiger partial charge is 0.313 e. The Balaban J connectivity index is 2.03. The molecule has 1 atom stereocenters. The molecule has 1 unspecified atom stereocenters. The van der Waals surface area contributed by atoms with Gasteiger partial charge in [-0.3, -0.25) is 0 Å². The number of aromatic nitrogens is 1. The summed E-state index contributed by atoms with van der Waals surface area (Å²) in [5.41, 5.74) is 5.61. The molecule has 0 N–H and O–H groups in total. The molecule has 1 heteroatoms. The molecule has 0 fully saturated rings. The average molecular weight is 301 g/mol. The van der Waals surface area contributed by atoms with Gasteiger partial charge < -0.3 is 4.57 Å². The number of benzene rings is 2. The normalized spacial score (nSPS) is 20.2. The van der Waals surface area contributed by atoms with Crippen LogP contribution in [0.4, 0.5) is 0 Å². The number of fused-ring (bicyclic) bond motifs is 3. The Hall–Kier alpha value is -2.28. The van der Waals surface area contributed by atoms with Gasteiger partial charge >= 0.3 is 0 Å². The van der Waals surface area contributed by atoms with Gasteiger partial charge in [0.1, 0.15) is 0 Å². The third-order valence-corrected chi connectivity index (χ3v) is 5.53. The maximum absolute atomic E-state index is 2.45. The second-order valence-electron chi connectivity index (χ2n) is 7.22. The van der Waals surface area contributed by atoms with Gasteiger partial charge in [-0.05, 0) is 36.0 Å². The first-order valence-electron chi connectivity index (χ1n) is 8.47. The summed E-state index contributed by atoms with van der Waals surface area (Å²) in [5.74, 6) is 0.620. The molecule has 1 aliphatic carbocycles. The highest BCUT2D eigenvalue weighted by atomic mass is 15.0. The van der Waals surface area contributed by atoms with Crippen molar-refractivity contribution in [3.8, 4) is 5.69 Å². The van der Waals surface area contributed by atoms with Gasteiger partial charge in [0.2, 0.25) is 0 Å². The van der Waals surface area contributed by atoms with Crippen LogP contribution in [0.25, 0.3) is 22.7 Å². The van der Waals surface area contributed by atoms with Crippen molar-refractivity contribution >= 4 is 17.0 Å². The van der Waals surface area contributed by atoms with Crippen molar-refractivity contribution in [2.24, 2.45) is 11.3 Å². The molecular formula is C22H23N. The first kappa shape index (κ1) is 14.3. The Kier molecular flexibility index (Phi) is 3.19. The standard InChI is InChI=1S/C22H23N/c1-16(2)22(3)14-13-19-18-11-7-8-12-20(18)23(21(19)15-22)17-9-5-4-6-10-17/h4-14,16H,15H2,1-3H3. The predicted molar refractivity (Wildman–Crippen MR) is 99.0 cm³/mol. The quantitative estimate of drug-likeness (QED) is 0.558. The Morgan fingerprint density at radius 1 is 0.957 bits per heavy atom. The highest BCUT2D eigenvalue weighted by Crippen LogP contribution is 2.42. The van der Waals surface area contributed by atoms with Crippen LogP contribution in [-0.2, 0) is 6.42 Å². The Labute approximate surface area is 138 Å². The van der Waals surface area contributed by atoms with Gasteiger partial charge in [0.05, 0.1) is 5.52 Å². The van der Waals surface area contributed by atoms with Gasteiger partial charge in [-0.2, -0.15) is 0 Å². The Bertz CT molecular complexity index is 883. The van der Waals surface area contributed by atoms with Crippen LogP contribution in [0.3, 0.4) is 0 Å². The molecule has 23 heavy (non-hydrogen) atoms. The molecule has 0 radical (unpaired) electrons. The molecule has 1 heterocycles. The van der Waals surface area contributed by atoms with E-state index in [1.165, 1.54) is 27.8 Å². The molecule has 0 bridgehead atoms. The lowest BCUT2D eigenvalue weighted by atomic mass is 9.72. The van der Waals surface area contributed by atoms with Crippen molar-refractivity contribution in [3.05, 3.63) is 71.9 Å². The molecule has 116 valence electrons. The van der Waals surface area contributed by atoms with Crippen LogP contribution in [0.2, 0.25) is 0 Å². The Morgan fingerprint density at radius 2 is 1.65 bits per heavy atom. The average Bonchev–Trinajstić information content (AvgIpc) is 2.88. The van der Waals surface area contributed by atoms with Crippen LogP contribution in [0.5, 0.6) is 0 Å². The number of para-hydroxylation sites is 2. The van der Waals surface area contributed by atoms with E-state index in [1.807, 2.05) is 0 Å². The number of rotatable bonds is 2. The summed E-state index contributed by atoms with van der Waals surface area (Å²) in [6.07, 6.45) is 5.85. The zero-order chi connectivity index (χ0) is 16.0. The van der Waals surface area contributed by atoms with E-state index in [-0.39, 0.29) is 5.41 Å². The van der Waals surface area contributed by atoms with Crippen molar-refractivity contribution in [1.82, 2.24) is 4.57 Å². The van der Waals surface area contributed by atoms with Gasteiger partial charge in [0, 0.05) is 22.3 Å². The van der Waals surface area contributed by atoms with Crippen LogP contribution in [-0.4, -0.2) is 4.57 Å². The molecule has 3 aromatic rings. The van der Waals surface area contributed by atoms with Gasteiger partial charge in [-0.15, -0.1) is 0 Å². The van der Waals surface area contributed by atoms with Gasteiger partial charge in [0.25, 0.3) is 0 Å². The monoisotopic (exact) mass is 301 g/mol. The van der Waals surface area contributed by atoms with E-state index in [1.54, 1.807) is 0 Å².